The molecule has 0 N–H and O–H groups in total. The van der Waals surface area contributed by atoms with E-state index < -0.39 is 0 Å². The number of carbonyl (C=O) groups is 1. The van der Waals surface area contributed by atoms with E-state index in [1.807, 2.05) is 42.4 Å². The summed E-state index contributed by atoms with van der Waals surface area (Å²) in [5.41, 5.74) is 2.17. The van der Waals surface area contributed by atoms with E-state index in [2.05, 4.69) is 24.2 Å². The lowest BCUT2D eigenvalue weighted by Gasteiger charge is -2.32. The minimum absolute atomic E-state index is 0.175. The third-order valence-electron chi connectivity index (χ3n) is 4.43. The van der Waals surface area contributed by atoms with Gasteiger partial charge in [0.2, 0.25) is 5.91 Å². The van der Waals surface area contributed by atoms with Crippen LogP contribution in [0.25, 0.3) is 11.1 Å². The lowest BCUT2D eigenvalue weighted by molar-refractivity contribution is -0.136. The molecule has 1 aromatic carbocycles. The van der Waals surface area contributed by atoms with Gasteiger partial charge in [0.05, 0.1) is 6.20 Å². The maximum absolute atomic E-state index is 12.7. The predicted octanol–water partition coefficient (Wildman–Crippen LogP) is 3.37. The Balaban J connectivity index is 1.74. The van der Waals surface area contributed by atoms with E-state index in [9.17, 15) is 4.79 Å². The molecule has 0 saturated carbocycles. The summed E-state index contributed by atoms with van der Waals surface area (Å²) in [6.07, 6.45) is 6.12. The van der Waals surface area contributed by atoms with Crippen molar-refractivity contribution in [3.8, 4) is 11.1 Å². The molecular formula is C18H23N3O. The number of carbonyl (C=O) groups excluding carboxylic acids is 1. The number of rotatable bonds is 3. The van der Waals surface area contributed by atoms with Gasteiger partial charge in [-0.1, -0.05) is 37.3 Å². The van der Waals surface area contributed by atoms with Crippen molar-refractivity contribution in [1.29, 1.82) is 0 Å². The van der Waals surface area contributed by atoms with Gasteiger partial charge in [0.15, 0.2) is 0 Å². The second kappa shape index (κ2) is 6.34. The van der Waals surface area contributed by atoms with Gasteiger partial charge < -0.3 is 4.90 Å². The summed E-state index contributed by atoms with van der Waals surface area (Å²) in [5.74, 6) is 0.775. The summed E-state index contributed by atoms with van der Waals surface area (Å²) in [7, 11) is 0. The number of hydrogen-bond donors (Lipinski definition) is 0. The molecule has 1 fully saturated rings. The molecular weight excluding hydrogens is 274 g/mol. The highest BCUT2D eigenvalue weighted by atomic mass is 16.2. The Kier molecular flexibility index (Phi) is 4.27. The summed E-state index contributed by atoms with van der Waals surface area (Å²) in [5, 5.41) is 4.40. The van der Waals surface area contributed by atoms with Crippen LogP contribution in [0.2, 0.25) is 0 Å². The highest BCUT2D eigenvalue weighted by Crippen LogP contribution is 2.22. The summed E-state index contributed by atoms with van der Waals surface area (Å²) in [6.45, 7) is 5.89. The van der Waals surface area contributed by atoms with Crippen LogP contribution in [0.1, 0.15) is 32.7 Å². The molecule has 0 spiro atoms. The van der Waals surface area contributed by atoms with E-state index >= 15 is 0 Å². The van der Waals surface area contributed by atoms with Crippen molar-refractivity contribution in [2.45, 2.75) is 32.7 Å². The van der Waals surface area contributed by atoms with Crippen molar-refractivity contribution in [2.24, 2.45) is 5.92 Å². The van der Waals surface area contributed by atoms with Gasteiger partial charge in [0.1, 0.15) is 6.04 Å². The number of amides is 1. The van der Waals surface area contributed by atoms with Crippen LogP contribution in [-0.4, -0.2) is 33.7 Å². The average Bonchev–Trinajstić information content (AvgIpc) is 3.04. The van der Waals surface area contributed by atoms with Crippen molar-refractivity contribution >= 4 is 5.91 Å². The zero-order valence-electron chi connectivity index (χ0n) is 13.3. The molecule has 2 aromatic rings. The predicted molar refractivity (Wildman–Crippen MR) is 87.4 cm³/mol. The molecule has 22 heavy (non-hydrogen) atoms. The SMILES string of the molecule is C[C@@H]1CCCN(C(=O)[C@@H](C)n2cc(-c3ccccc3)cn2)C1. The van der Waals surface area contributed by atoms with E-state index in [0.29, 0.717) is 5.92 Å². The van der Waals surface area contributed by atoms with Crippen LogP contribution in [0.5, 0.6) is 0 Å². The molecule has 4 nitrogen and oxygen atoms in total. The van der Waals surface area contributed by atoms with Crippen LogP contribution in [0, 0.1) is 5.92 Å². The Hall–Kier alpha value is -2.10. The molecule has 1 aliphatic heterocycles. The van der Waals surface area contributed by atoms with E-state index in [-0.39, 0.29) is 11.9 Å². The largest absolute Gasteiger partial charge is 0.341 e. The Bertz CT molecular complexity index is 635. The molecule has 1 aromatic heterocycles. The Labute approximate surface area is 131 Å². The molecule has 0 aliphatic carbocycles. The standard InChI is InChI=1S/C18H23N3O/c1-14-7-6-10-20(12-14)18(22)15(2)21-13-17(11-19-21)16-8-4-3-5-9-16/h3-5,8-9,11,13-15H,6-7,10,12H2,1-2H3/t14-,15-/m1/s1. The summed E-state index contributed by atoms with van der Waals surface area (Å²) >= 11 is 0. The molecule has 2 atom stereocenters. The Morgan fingerprint density at radius 1 is 1.27 bits per heavy atom. The van der Waals surface area contributed by atoms with Crippen LogP contribution in [0.3, 0.4) is 0 Å². The van der Waals surface area contributed by atoms with Gasteiger partial charge in [-0.3, -0.25) is 9.48 Å². The second-order valence-corrected chi connectivity index (χ2v) is 6.28. The fourth-order valence-electron chi connectivity index (χ4n) is 3.10. The fourth-order valence-corrected chi connectivity index (χ4v) is 3.10. The number of likely N-dealkylation sites (tertiary alicyclic amines) is 1. The van der Waals surface area contributed by atoms with Crippen LogP contribution >= 0.6 is 0 Å². The van der Waals surface area contributed by atoms with Crippen LogP contribution in [0.15, 0.2) is 42.7 Å². The van der Waals surface area contributed by atoms with Gasteiger partial charge in [-0.2, -0.15) is 5.10 Å². The maximum Gasteiger partial charge on any atom is 0.247 e. The Morgan fingerprint density at radius 3 is 2.77 bits per heavy atom. The molecule has 0 bridgehead atoms. The van der Waals surface area contributed by atoms with Gasteiger partial charge in [-0.05, 0) is 31.2 Å². The number of aromatic nitrogens is 2. The molecule has 0 unspecified atom stereocenters. The molecule has 1 aliphatic rings. The number of benzene rings is 1. The molecule has 1 saturated heterocycles. The molecule has 4 heteroatoms. The quantitative estimate of drug-likeness (QED) is 0.871. The third kappa shape index (κ3) is 3.06. The van der Waals surface area contributed by atoms with Crippen molar-refractivity contribution in [2.75, 3.05) is 13.1 Å². The van der Waals surface area contributed by atoms with Crippen molar-refractivity contribution in [1.82, 2.24) is 14.7 Å². The van der Waals surface area contributed by atoms with Crippen molar-refractivity contribution < 1.29 is 4.79 Å². The first-order valence-corrected chi connectivity index (χ1v) is 8.03. The monoisotopic (exact) mass is 297 g/mol. The first kappa shape index (κ1) is 14.8. The van der Waals surface area contributed by atoms with Crippen LogP contribution in [-0.2, 0) is 4.79 Å². The van der Waals surface area contributed by atoms with Gasteiger partial charge >= 0.3 is 0 Å². The van der Waals surface area contributed by atoms with Crippen molar-refractivity contribution in [3.05, 3.63) is 42.7 Å². The van der Waals surface area contributed by atoms with E-state index in [0.717, 1.165) is 30.6 Å². The minimum Gasteiger partial charge on any atom is -0.341 e. The zero-order chi connectivity index (χ0) is 15.5. The fraction of sp³-hybridized carbons (Fsp3) is 0.444. The summed E-state index contributed by atoms with van der Waals surface area (Å²) < 4.78 is 1.78. The van der Waals surface area contributed by atoms with Gasteiger partial charge in [0, 0.05) is 24.8 Å². The van der Waals surface area contributed by atoms with Gasteiger partial charge in [-0.15, -0.1) is 0 Å². The van der Waals surface area contributed by atoms with E-state index in [1.54, 1.807) is 4.68 Å². The van der Waals surface area contributed by atoms with E-state index in [1.165, 1.54) is 6.42 Å². The lowest BCUT2D eigenvalue weighted by atomic mass is 10.00. The van der Waals surface area contributed by atoms with Gasteiger partial charge in [-0.25, -0.2) is 0 Å². The average molecular weight is 297 g/mol. The van der Waals surface area contributed by atoms with E-state index in [4.69, 9.17) is 0 Å². The third-order valence-corrected chi connectivity index (χ3v) is 4.43. The van der Waals surface area contributed by atoms with Crippen LogP contribution < -0.4 is 0 Å². The molecule has 1 amide bonds. The Morgan fingerprint density at radius 2 is 2.05 bits per heavy atom. The topological polar surface area (TPSA) is 38.1 Å². The van der Waals surface area contributed by atoms with Crippen LogP contribution in [0.4, 0.5) is 0 Å². The molecule has 2 heterocycles. The van der Waals surface area contributed by atoms with Gasteiger partial charge in [0.25, 0.3) is 0 Å². The normalized spacial score (nSPS) is 19.9. The number of piperidine rings is 1. The number of nitrogens with zero attached hydrogens (tertiary/aromatic N) is 3. The molecule has 0 radical (unpaired) electrons. The molecule has 3 rings (SSSR count). The summed E-state index contributed by atoms with van der Waals surface area (Å²) in [4.78, 5) is 14.6. The smallest absolute Gasteiger partial charge is 0.247 e. The highest BCUT2D eigenvalue weighted by molar-refractivity contribution is 5.80. The zero-order valence-corrected chi connectivity index (χ0v) is 13.3. The second-order valence-electron chi connectivity index (χ2n) is 6.28. The lowest BCUT2D eigenvalue weighted by Crippen LogP contribution is -2.42. The number of hydrogen-bond acceptors (Lipinski definition) is 2. The highest BCUT2D eigenvalue weighted by Gasteiger charge is 2.26. The molecule has 116 valence electrons. The van der Waals surface area contributed by atoms with Crippen molar-refractivity contribution in [3.63, 3.8) is 0 Å². The first-order chi connectivity index (χ1) is 10.6. The minimum atomic E-state index is -0.247. The first-order valence-electron chi connectivity index (χ1n) is 8.03. The summed E-state index contributed by atoms with van der Waals surface area (Å²) in [6, 6.07) is 9.88. The maximum atomic E-state index is 12.7.